The fraction of sp³-hybridized carbons (Fsp3) is 0.700. The van der Waals surface area contributed by atoms with E-state index in [0.29, 0.717) is 5.41 Å². The summed E-state index contributed by atoms with van der Waals surface area (Å²) < 4.78 is 0. The molecule has 0 radical (unpaired) electrons. The van der Waals surface area contributed by atoms with E-state index in [1.54, 1.807) is 17.2 Å². The summed E-state index contributed by atoms with van der Waals surface area (Å²) >= 11 is 0. The first-order chi connectivity index (χ1) is 9.68. The summed E-state index contributed by atoms with van der Waals surface area (Å²) in [6.45, 7) is 14.8. The highest BCUT2D eigenvalue weighted by molar-refractivity contribution is 5.23. The topological polar surface area (TPSA) is 20.2 Å². The molecule has 1 rings (SSSR count). The third-order valence-electron chi connectivity index (χ3n) is 5.04. The van der Waals surface area contributed by atoms with E-state index in [-0.39, 0.29) is 0 Å². The first-order valence-electron chi connectivity index (χ1n) is 8.39. The summed E-state index contributed by atoms with van der Waals surface area (Å²) in [5.41, 5.74) is 4.39. The lowest BCUT2D eigenvalue weighted by Crippen LogP contribution is -2.20. The van der Waals surface area contributed by atoms with Gasteiger partial charge in [-0.2, -0.15) is 0 Å². The number of aliphatic hydroxyl groups is 1. The predicted molar refractivity (Wildman–Crippen MR) is 93.4 cm³/mol. The van der Waals surface area contributed by atoms with Crippen molar-refractivity contribution in [1.29, 1.82) is 0 Å². The molecule has 0 bridgehead atoms. The lowest BCUT2D eigenvalue weighted by atomic mass is 9.71. The largest absolute Gasteiger partial charge is 0.386 e. The molecule has 0 aliphatic heterocycles. The average Bonchev–Trinajstić information content (AvgIpc) is 2.37. The lowest BCUT2D eigenvalue weighted by molar-refractivity contribution is 0.103. The van der Waals surface area contributed by atoms with Crippen molar-refractivity contribution in [3.63, 3.8) is 0 Å². The van der Waals surface area contributed by atoms with Gasteiger partial charge in [-0.25, -0.2) is 0 Å². The Morgan fingerprint density at radius 2 is 2.10 bits per heavy atom. The molecule has 120 valence electrons. The number of hydrogen-bond donors (Lipinski definition) is 1. The van der Waals surface area contributed by atoms with Gasteiger partial charge in [0.2, 0.25) is 0 Å². The van der Waals surface area contributed by atoms with E-state index in [1.807, 2.05) is 6.92 Å². The van der Waals surface area contributed by atoms with Crippen LogP contribution in [0, 0.1) is 5.41 Å². The Balaban J connectivity index is 2.52. The van der Waals surface area contributed by atoms with Crippen LogP contribution in [0.4, 0.5) is 0 Å². The highest BCUT2D eigenvalue weighted by atomic mass is 16.3. The molecule has 0 heterocycles. The lowest BCUT2D eigenvalue weighted by Gasteiger charge is -2.35. The Labute approximate surface area is 131 Å². The van der Waals surface area contributed by atoms with Crippen LogP contribution in [0.15, 0.2) is 35.5 Å². The summed E-state index contributed by atoms with van der Waals surface area (Å²) in [7, 11) is 0. The highest BCUT2D eigenvalue weighted by Crippen LogP contribution is 2.42. The molecular weight excluding hydrogens is 256 g/mol. The zero-order valence-electron chi connectivity index (χ0n) is 14.8. The van der Waals surface area contributed by atoms with Gasteiger partial charge in [-0.05, 0) is 71.1 Å². The van der Waals surface area contributed by atoms with Crippen LogP contribution in [-0.2, 0) is 0 Å². The second-order valence-electron chi connectivity index (χ2n) is 7.65. The van der Waals surface area contributed by atoms with Gasteiger partial charge in [0, 0.05) is 0 Å². The van der Waals surface area contributed by atoms with E-state index < -0.39 is 5.60 Å². The summed E-state index contributed by atoms with van der Waals surface area (Å²) in [5, 5.41) is 9.92. The molecule has 0 spiro atoms. The zero-order chi connectivity index (χ0) is 16.1. The van der Waals surface area contributed by atoms with Crippen molar-refractivity contribution < 1.29 is 5.11 Å². The molecule has 1 aliphatic carbocycles. The predicted octanol–water partition coefficient (Wildman–Crippen LogP) is 5.96. The second kappa shape index (κ2) is 7.45. The minimum absolute atomic E-state index is 0.384. The number of allylic oxidation sites excluding steroid dienone is 4. The van der Waals surface area contributed by atoms with Gasteiger partial charge >= 0.3 is 0 Å². The molecule has 1 aliphatic rings. The standard InChI is InChI=1S/C20H34O/c1-7-20(6,21)15-8-10-16(2)12-13-18-17(3)11-9-14-19(18,4)5/h7,10,21H,1,8-9,11-15H2,2-6H3/b16-10+. The van der Waals surface area contributed by atoms with Crippen molar-refractivity contribution in [1.82, 2.24) is 0 Å². The minimum atomic E-state index is -0.735. The van der Waals surface area contributed by atoms with E-state index in [9.17, 15) is 5.11 Å². The quantitative estimate of drug-likeness (QED) is 0.574. The van der Waals surface area contributed by atoms with E-state index >= 15 is 0 Å². The third-order valence-corrected chi connectivity index (χ3v) is 5.04. The molecule has 1 unspecified atom stereocenters. The Kier molecular flexibility index (Phi) is 6.46. The SMILES string of the molecule is C=CC(C)(O)CC/C=C(\C)CCC1=C(C)CCCC1(C)C. The highest BCUT2D eigenvalue weighted by Gasteiger charge is 2.27. The Morgan fingerprint density at radius 1 is 1.43 bits per heavy atom. The van der Waals surface area contributed by atoms with Gasteiger partial charge in [0.25, 0.3) is 0 Å². The molecule has 0 fully saturated rings. The van der Waals surface area contributed by atoms with Crippen LogP contribution in [0.5, 0.6) is 0 Å². The van der Waals surface area contributed by atoms with Crippen molar-refractivity contribution in [2.24, 2.45) is 5.41 Å². The van der Waals surface area contributed by atoms with Gasteiger partial charge in [0.05, 0.1) is 5.60 Å². The number of hydrogen-bond acceptors (Lipinski definition) is 1. The summed E-state index contributed by atoms with van der Waals surface area (Å²) in [4.78, 5) is 0. The molecule has 0 saturated heterocycles. The first kappa shape index (κ1) is 18.2. The van der Waals surface area contributed by atoms with Crippen LogP contribution in [0.3, 0.4) is 0 Å². The average molecular weight is 290 g/mol. The smallest absolute Gasteiger partial charge is 0.0800 e. The second-order valence-corrected chi connectivity index (χ2v) is 7.65. The van der Waals surface area contributed by atoms with Gasteiger partial charge in [-0.3, -0.25) is 0 Å². The molecule has 1 heteroatoms. The number of rotatable bonds is 7. The van der Waals surface area contributed by atoms with Crippen LogP contribution in [-0.4, -0.2) is 10.7 Å². The molecule has 0 aromatic rings. The van der Waals surface area contributed by atoms with Crippen molar-refractivity contribution in [3.8, 4) is 0 Å². The molecule has 21 heavy (non-hydrogen) atoms. The third kappa shape index (κ3) is 5.82. The fourth-order valence-electron chi connectivity index (χ4n) is 3.36. The molecule has 1 nitrogen and oxygen atoms in total. The van der Waals surface area contributed by atoms with Crippen LogP contribution in [0.1, 0.15) is 79.6 Å². The van der Waals surface area contributed by atoms with Crippen LogP contribution in [0.2, 0.25) is 0 Å². The summed E-state index contributed by atoms with van der Waals surface area (Å²) in [6.07, 6.45) is 11.9. The van der Waals surface area contributed by atoms with Crippen molar-refractivity contribution in [2.75, 3.05) is 0 Å². The van der Waals surface area contributed by atoms with E-state index in [4.69, 9.17) is 0 Å². The van der Waals surface area contributed by atoms with E-state index in [0.717, 1.165) is 19.3 Å². The van der Waals surface area contributed by atoms with Crippen molar-refractivity contribution in [3.05, 3.63) is 35.5 Å². The molecule has 0 saturated carbocycles. The van der Waals surface area contributed by atoms with Gasteiger partial charge < -0.3 is 5.11 Å². The minimum Gasteiger partial charge on any atom is -0.386 e. The molecule has 1 N–H and O–H groups in total. The van der Waals surface area contributed by atoms with Gasteiger partial charge in [0.15, 0.2) is 0 Å². The Bertz CT molecular complexity index is 421. The van der Waals surface area contributed by atoms with E-state index in [2.05, 4.69) is 40.3 Å². The Morgan fingerprint density at radius 3 is 2.67 bits per heavy atom. The van der Waals surface area contributed by atoms with Crippen LogP contribution < -0.4 is 0 Å². The molecular formula is C20H34O. The normalized spacial score (nSPS) is 22.1. The van der Waals surface area contributed by atoms with Crippen LogP contribution >= 0.6 is 0 Å². The maximum absolute atomic E-state index is 9.92. The maximum Gasteiger partial charge on any atom is 0.0800 e. The fourth-order valence-corrected chi connectivity index (χ4v) is 3.36. The van der Waals surface area contributed by atoms with Crippen LogP contribution in [0.25, 0.3) is 0 Å². The zero-order valence-corrected chi connectivity index (χ0v) is 14.8. The summed E-state index contributed by atoms with van der Waals surface area (Å²) in [5.74, 6) is 0. The monoisotopic (exact) mass is 290 g/mol. The van der Waals surface area contributed by atoms with Crippen molar-refractivity contribution in [2.45, 2.75) is 85.2 Å². The molecule has 0 aromatic heterocycles. The molecule has 0 amide bonds. The van der Waals surface area contributed by atoms with Gasteiger partial charge in [0.1, 0.15) is 0 Å². The van der Waals surface area contributed by atoms with Gasteiger partial charge in [-0.15, -0.1) is 6.58 Å². The van der Waals surface area contributed by atoms with Crippen molar-refractivity contribution >= 4 is 0 Å². The first-order valence-corrected chi connectivity index (χ1v) is 8.39. The molecule has 1 atom stereocenters. The maximum atomic E-state index is 9.92. The van der Waals surface area contributed by atoms with Gasteiger partial charge in [-0.1, -0.05) is 42.7 Å². The van der Waals surface area contributed by atoms with E-state index in [1.165, 1.54) is 31.3 Å². The molecule has 0 aromatic carbocycles. The Hall–Kier alpha value is -0.820. The summed E-state index contributed by atoms with van der Waals surface area (Å²) in [6, 6.07) is 0.